The number of hydrogen-bond donors (Lipinski definition) is 1. The molecule has 1 N–H and O–H groups in total. The molecule has 3 aromatic heterocycles. The van der Waals surface area contributed by atoms with Crippen LogP contribution in [0.3, 0.4) is 0 Å². The fourth-order valence-corrected chi connectivity index (χ4v) is 3.72. The lowest BCUT2D eigenvalue weighted by Crippen LogP contribution is -2.23. The molecular formula is C16H16ClN5OS2. The standard InChI is InChI=1S/C16H16ClN5OS2/c1-11(15(23)20-14-5-4-12(17)9-18-14)25-16-21-19-10-22(16)7-6-13-3-2-8-24-13/h2-5,8-11H,6-7H2,1H3,(H,18,20,23). The Hall–Kier alpha value is -1.90. The summed E-state index contributed by atoms with van der Waals surface area (Å²) in [6, 6.07) is 7.50. The van der Waals surface area contributed by atoms with E-state index in [1.165, 1.54) is 22.8 Å². The Bertz CT molecular complexity index is 819. The van der Waals surface area contributed by atoms with Gasteiger partial charge >= 0.3 is 0 Å². The van der Waals surface area contributed by atoms with Crippen molar-refractivity contribution in [3.8, 4) is 0 Å². The second-order valence-electron chi connectivity index (χ2n) is 5.25. The van der Waals surface area contributed by atoms with Crippen molar-refractivity contribution in [3.05, 3.63) is 52.1 Å². The Balaban J connectivity index is 1.57. The van der Waals surface area contributed by atoms with Crippen molar-refractivity contribution in [3.63, 3.8) is 0 Å². The zero-order valence-electron chi connectivity index (χ0n) is 13.4. The lowest BCUT2D eigenvalue weighted by Gasteiger charge is -2.12. The van der Waals surface area contributed by atoms with Gasteiger partial charge in [-0.2, -0.15) is 0 Å². The van der Waals surface area contributed by atoms with Gasteiger partial charge in [0.05, 0.1) is 10.3 Å². The van der Waals surface area contributed by atoms with Gasteiger partial charge in [0.15, 0.2) is 5.16 Å². The molecule has 0 saturated heterocycles. The summed E-state index contributed by atoms with van der Waals surface area (Å²) in [4.78, 5) is 17.7. The molecule has 0 bridgehead atoms. The smallest absolute Gasteiger partial charge is 0.238 e. The Morgan fingerprint density at radius 2 is 2.32 bits per heavy atom. The summed E-state index contributed by atoms with van der Waals surface area (Å²) >= 11 is 8.89. The minimum absolute atomic E-state index is 0.146. The highest BCUT2D eigenvalue weighted by Gasteiger charge is 2.18. The SMILES string of the molecule is CC(Sc1nncn1CCc1cccs1)C(=O)Nc1ccc(Cl)cn1. The first-order valence-electron chi connectivity index (χ1n) is 7.61. The molecule has 1 atom stereocenters. The average molecular weight is 394 g/mol. The van der Waals surface area contributed by atoms with Gasteiger partial charge in [-0.1, -0.05) is 29.4 Å². The van der Waals surface area contributed by atoms with Gasteiger partial charge in [-0.25, -0.2) is 4.98 Å². The number of amides is 1. The third-order valence-corrected chi connectivity index (χ3v) is 5.64. The van der Waals surface area contributed by atoms with E-state index in [0.29, 0.717) is 10.8 Å². The number of rotatable bonds is 7. The Kier molecular flexibility index (Phi) is 6.06. The molecular weight excluding hydrogens is 378 g/mol. The number of carbonyl (C=O) groups is 1. The first-order valence-corrected chi connectivity index (χ1v) is 9.75. The fraction of sp³-hybridized carbons (Fsp3) is 0.250. The van der Waals surface area contributed by atoms with Crippen LogP contribution in [0.25, 0.3) is 0 Å². The van der Waals surface area contributed by atoms with Gasteiger partial charge < -0.3 is 9.88 Å². The summed E-state index contributed by atoms with van der Waals surface area (Å²) in [7, 11) is 0. The maximum absolute atomic E-state index is 12.3. The van der Waals surface area contributed by atoms with E-state index in [2.05, 4.69) is 31.9 Å². The average Bonchev–Trinajstić information content (AvgIpc) is 3.26. The number of anilines is 1. The quantitative estimate of drug-likeness (QED) is 0.619. The monoisotopic (exact) mass is 393 g/mol. The number of aromatic nitrogens is 4. The molecule has 130 valence electrons. The summed E-state index contributed by atoms with van der Waals surface area (Å²) in [5.41, 5.74) is 0. The highest BCUT2D eigenvalue weighted by Crippen LogP contribution is 2.23. The molecule has 25 heavy (non-hydrogen) atoms. The molecule has 1 amide bonds. The summed E-state index contributed by atoms with van der Waals surface area (Å²) in [6.45, 7) is 2.61. The van der Waals surface area contributed by atoms with Crippen molar-refractivity contribution < 1.29 is 4.79 Å². The number of nitrogens with one attached hydrogen (secondary N) is 1. The van der Waals surface area contributed by atoms with Crippen molar-refractivity contribution in [1.82, 2.24) is 19.7 Å². The highest BCUT2D eigenvalue weighted by atomic mass is 35.5. The number of hydrogen-bond acceptors (Lipinski definition) is 6. The van der Waals surface area contributed by atoms with Crippen LogP contribution in [0, 0.1) is 0 Å². The van der Waals surface area contributed by atoms with Crippen LogP contribution in [0.15, 0.2) is 47.3 Å². The van der Waals surface area contributed by atoms with Gasteiger partial charge in [-0.05, 0) is 36.9 Å². The number of carbonyl (C=O) groups excluding carboxylic acids is 1. The van der Waals surface area contributed by atoms with E-state index in [1.807, 2.05) is 17.6 Å². The normalized spacial score (nSPS) is 12.1. The summed E-state index contributed by atoms with van der Waals surface area (Å²) in [6.07, 6.45) is 4.11. The molecule has 3 rings (SSSR count). The van der Waals surface area contributed by atoms with Crippen molar-refractivity contribution in [2.24, 2.45) is 0 Å². The molecule has 0 spiro atoms. The van der Waals surface area contributed by atoms with Crippen molar-refractivity contribution in [1.29, 1.82) is 0 Å². The van der Waals surface area contributed by atoms with E-state index in [1.54, 1.807) is 29.8 Å². The molecule has 9 heteroatoms. The minimum atomic E-state index is -0.331. The Morgan fingerprint density at radius 3 is 3.04 bits per heavy atom. The maximum Gasteiger partial charge on any atom is 0.238 e. The first-order chi connectivity index (χ1) is 12.1. The predicted octanol–water partition coefficient (Wildman–Crippen LogP) is 3.75. The molecule has 0 fully saturated rings. The molecule has 0 aliphatic carbocycles. The molecule has 0 saturated carbocycles. The van der Waals surface area contributed by atoms with Gasteiger partial charge in [0.2, 0.25) is 5.91 Å². The predicted molar refractivity (Wildman–Crippen MR) is 101 cm³/mol. The molecule has 1 unspecified atom stereocenters. The van der Waals surface area contributed by atoms with E-state index in [9.17, 15) is 4.79 Å². The summed E-state index contributed by atoms with van der Waals surface area (Å²) in [5, 5.41) is 13.8. The minimum Gasteiger partial charge on any atom is -0.310 e. The number of halogens is 1. The molecule has 0 aliphatic rings. The van der Waals surface area contributed by atoms with Crippen molar-refractivity contribution in [2.75, 3.05) is 5.32 Å². The van der Waals surface area contributed by atoms with Crippen LogP contribution in [-0.4, -0.2) is 30.9 Å². The fourth-order valence-electron chi connectivity index (χ4n) is 2.06. The number of thiophene rings is 1. The van der Waals surface area contributed by atoms with Gasteiger partial charge in [0, 0.05) is 17.6 Å². The van der Waals surface area contributed by atoms with Crippen LogP contribution in [0.2, 0.25) is 5.02 Å². The van der Waals surface area contributed by atoms with Crippen molar-refractivity contribution in [2.45, 2.75) is 30.3 Å². The number of pyridine rings is 1. The van der Waals surface area contributed by atoms with Crippen LogP contribution in [-0.2, 0) is 17.8 Å². The lowest BCUT2D eigenvalue weighted by atomic mass is 10.3. The third-order valence-electron chi connectivity index (χ3n) is 3.39. The van der Waals surface area contributed by atoms with Gasteiger partial charge in [0.1, 0.15) is 12.1 Å². The summed E-state index contributed by atoms with van der Waals surface area (Å²) < 4.78 is 1.97. The van der Waals surface area contributed by atoms with E-state index in [0.717, 1.165) is 18.1 Å². The number of thioether (sulfide) groups is 1. The molecule has 3 heterocycles. The molecule has 3 aromatic rings. The van der Waals surface area contributed by atoms with Crippen molar-refractivity contribution >= 4 is 46.4 Å². The molecule has 0 aromatic carbocycles. The Morgan fingerprint density at radius 1 is 1.44 bits per heavy atom. The second-order valence-corrected chi connectivity index (χ2v) is 8.02. The second kappa shape index (κ2) is 8.46. The highest BCUT2D eigenvalue weighted by molar-refractivity contribution is 8.00. The Labute approximate surface area is 158 Å². The zero-order valence-corrected chi connectivity index (χ0v) is 15.8. The number of aryl methyl sites for hydroxylation is 2. The van der Waals surface area contributed by atoms with Crippen LogP contribution >= 0.6 is 34.7 Å². The van der Waals surface area contributed by atoms with Crippen LogP contribution in [0.1, 0.15) is 11.8 Å². The largest absolute Gasteiger partial charge is 0.310 e. The van der Waals surface area contributed by atoms with Crippen LogP contribution in [0.5, 0.6) is 0 Å². The van der Waals surface area contributed by atoms with Gasteiger partial charge in [-0.3, -0.25) is 4.79 Å². The van der Waals surface area contributed by atoms with E-state index < -0.39 is 0 Å². The van der Waals surface area contributed by atoms with E-state index in [-0.39, 0.29) is 11.2 Å². The van der Waals surface area contributed by atoms with E-state index in [4.69, 9.17) is 11.6 Å². The molecule has 0 radical (unpaired) electrons. The lowest BCUT2D eigenvalue weighted by molar-refractivity contribution is -0.115. The maximum atomic E-state index is 12.3. The topological polar surface area (TPSA) is 72.7 Å². The van der Waals surface area contributed by atoms with Gasteiger partial charge in [0.25, 0.3) is 0 Å². The molecule has 6 nitrogen and oxygen atoms in total. The zero-order chi connectivity index (χ0) is 17.6. The van der Waals surface area contributed by atoms with E-state index >= 15 is 0 Å². The summed E-state index contributed by atoms with van der Waals surface area (Å²) in [5.74, 6) is 0.327. The van der Waals surface area contributed by atoms with Crippen LogP contribution in [0.4, 0.5) is 5.82 Å². The first kappa shape index (κ1) is 17.9. The van der Waals surface area contributed by atoms with Crippen LogP contribution < -0.4 is 5.32 Å². The van der Waals surface area contributed by atoms with Gasteiger partial charge in [-0.15, -0.1) is 21.5 Å². The molecule has 0 aliphatic heterocycles. The number of nitrogens with zero attached hydrogens (tertiary/aromatic N) is 4. The third kappa shape index (κ3) is 5.04.